The van der Waals surface area contributed by atoms with Gasteiger partial charge in [0, 0.05) is 23.9 Å². The van der Waals surface area contributed by atoms with Crippen molar-refractivity contribution in [3.63, 3.8) is 0 Å². The summed E-state index contributed by atoms with van der Waals surface area (Å²) in [5, 5.41) is 11.4. The maximum Gasteiger partial charge on any atom is 0.328 e. The minimum absolute atomic E-state index is 0.128. The van der Waals surface area contributed by atoms with Crippen molar-refractivity contribution in [2.75, 3.05) is 18.6 Å². The van der Waals surface area contributed by atoms with Gasteiger partial charge in [0.1, 0.15) is 0 Å². The smallest absolute Gasteiger partial charge is 0.328 e. The fraction of sp³-hybridized carbons (Fsp3) is 0.286. The lowest BCUT2D eigenvalue weighted by Gasteiger charge is -2.08. The molecule has 0 fully saturated rings. The van der Waals surface area contributed by atoms with E-state index < -0.39 is 5.97 Å². The van der Waals surface area contributed by atoms with Crippen molar-refractivity contribution in [1.29, 1.82) is 0 Å². The van der Waals surface area contributed by atoms with E-state index in [-0.39, 0.29) is 5.91 Å². The standard InChI is InChI=1S/C14H17NO3S/c1-10-3-4-11(5-6-13(16)17)9-12(10)14(18)15-7-8-19-2/h3-6,9H,7-8H2,1-2H3,(H,15,18)(H,16,17). The molecule has 102 valence electrons. The molecule has 0 aliphatic rings. The highest BCUT2D eigenvalue weighted by Gasteiger charge is 2.08. The Morgan fingerprint density at radius 1 is 1.42 bits per heavy atom. The zero-order valence-corrected chi connectivity index (χ0v) is 11.8. The van der Waals surface area contributed by atoms with Crippen LogP contribution in [0.5, 0.6) is 0 Å². The molecule has 4 nitrogen and oxygen atoms in total. The molecular formula is C14H17NO3S. The van der Waals surface area contributed by atoms with Crippen molar-refractivity contribution in [3.8, 4) is 0 Å². The van der Waals surface area contributed by atoms with E-state index in [0.717, 1.165) is 17.4 Å². The normalized spacial score (nSPS) is 10.6. The first kappa shape index (κ1) is 15.3. The molecule has 0 radical (unpaired) electrons. The molecule has 1 rings (SSSR count). The number of amides is 1. The zero-order chi connectivity index (χ0) is 14.3. The predicted octanol–water partition coefficient (Wildman–Crippen LogP) is 2.19. The summed E-state index contributed by atoms with van der Waals surface area (Å²) in [6.45, 7) is 2.48. The number of benzene rings is 1. The maximum atomic E-state index is 12.0. The highest BCUT2D eigenvalue weighted by Crippen LogP contribution is 2.12. The fourth-order valence-corrected chi connectivity index (χ4v) is 1.82. The largest absolute Gasteiger partial charge is 0.478 e. The van der Waals surface area contributed by atoms with Crippen LogP contribution in [0.25, 0.3) is 6.08 Å². The molecule has 0 aliphatic carbocycles. The Labute approximate surface area is 116 Å². The molecule has 0 saturated carbocycles. The number of carbonyl (C=O) groups is 2. The quantitative estimate of drug-likeness (QED) is 0.619. The summed E-state index contributed by atoms with van der Waals surface area (Å²) < 4.78 is 0. The zero-order valence-electron chi connectivity index (χ0n) is 11.0. The van der Waals surface area contributed by atoms with Gasteiger partial charge in [-0.2, -0.15) is 11.8 Å². The van der Waals surface area contributed by atoms with Gasteiger partial charge in [-0.25, -0.2) is 4.79 Å². The average molecular weight is 279 g/mol. The molecule has 0 aromatic heterocycles. The molecule has 0 unspecified atom stereocenters. The van der Waals surface area contributed by atoms with Gasteiger partial charge in [-0.1, -0.05) is 12.1 Å². The van der Waals surface area contributed by atoms with Crippen molar-refractivity contribution in [3.05, 3.63) is 41.0 Å². The molecule has 2 N–H and O–H groups in total. The number of hydrogen-bond acceptors (Lipinski definition) is 3. The van der Waals surface area contributed by atoms with Gasteiger partial charge in [-0.15, -0.1) is 0 Å². The van der Waals surface area contributed by atoms with E-state index in [9.17, 15) is 9.59 Å². The summed E-state index contributed by atoms with van der Waals surface area (Å²) in [6.07, 6.45) is 4.51. The summed E-state index contributed by atoms with van der Waals surface area (Å²) >= 11 is 1.67. The van der Waals surface area contributed by atoms with Crippen LogP contribution in [0.15, 0.2) is 24.3 Å². The second-order valence-corrected chi connectivity index (χ2v) is 4.98. The Morgan fingerprint density at radius 2 is 2.16 bits per heavy atom. The van der Waals surface area contributed by atoms with Gasteiger partial charge >= 0.3 is 5.97 Å². The highest BCUT2D eigenvalue weighted by molar-refractivity contribution is 7.98. The van der Waals surface area contributed by atoms with Gasteiger partial charge in [0.2, 0.25) is 0 Å². The maximum absolute atomic E-state index is 12.0. The van der Waals surface area contributed by atoms with Crippen molar-refractivity contribution in [2.45, 2.75) is 6.92 Å². The molecule has 0 heterocycles. The summed E-state index contributed by atoms with van der Waals surface area (Å²) in [5.74, 6) is -0.271. The number of carboxylic acids is 1. The first-order valence-corrected chi connectivity index (χ1v) is 7.22. The van der Waals surface area contributed by atoms with Crippen LogP contribution >= 0.6 is 11.8 Å². The van der Waals surface area contributed by atoms with Crippen molar-refractivity contribution in [2.24, 2.45) is 0 Å². The molecule has 1 amide bonds. The van der Waals surface area contributed by atoms with Crippen molar-refractivity contribution >= 4 is 29.7 Å². The van der Waals surface area contributed by atoms with E-state index in [2.05, 4.69) is 5.32 Å². The van der Waals surface area contributed by atoms with Gasteiger partial charge in [0.25, 0.3) is 5.91 Å². The first-order chi connectivity index (χ1) is 9.04. The Kier molecular flexibility index (Phi) is 6.15. The van der Waals surface area contributed by atoms with Gasteiger partial charge in [0.05, 0.1) is 0 Å². The Balaban J connectivity index is 2.84. The van der Waals surface area contributed by atoms with Crippen LogP contribution in [0, 0.1) is 6.92 Å². The second kappa shape index (κ2) is 7.63. The van der Waals surface area contributed by atoms with E-state index in [1.54, 1.807) is 23.9 Å². The average Bonchev–Trinajstić information content (AvgIpc) is 2.37. The number of rotatable bonds is 6. The lowest BCUT2D eigenvalue weighted by Crippen LogP contribution is -2.26. The number of nitrogens with one attached hydrogen (secondary N) is 1. The van der Waals surface area contributed by atoms with Crippen LogP contribution in [0.4, 0.5) is 0 Å². The van der Waals surface area contributed by atoms with Crippen molar-refractivity contribution < 1.29 is 14.7 Å². The molecule has 0 bridgehead atoms. The van der Waals surface area contributed by atoms with E-state index in [0.29, 0.717) is 17.7 Å². The monoisotopic (exact) mass is 279 g/mol. The van der Waals surface area contributed by atoms with Crippen LogP contribution in [-0.4, -0.2) is 35.5 Å². The fourth-order valence-electron chi connectivity index (χ4n) is 1.52. The number of aliphatic carboxylic acids is 1. The molecule has 0 spiro atoms. The minimum Gasteiger partial charge on any atom is -0.478 e. The third kappa shape index (κ3) is 5.18. The summed E-state index contributed by atoms with van der Waals surface area (Å²) in [6, 6.07) is 5.29. The Bertz CT molecular complexity index is 497. The summed E-state index contributed by atoms with van der Waals surface area (Å²) in [5.41, 5.74) is 2.14. The van der Waals surface area contributed by atoms with Gasteiger partial charge in [-0.3, -0.25) is 4.79 Å². The third-order valence-corrected chi connectivity index (χ3v) is 3.13. The number of thioether (sulfide) groups is 1. The lowest BCUT2D eigenvalue weighted by molar-refractivity contribution is -0.131. The molecule has 19 heavy (non-hydrogen) atoms. The summed E-state index contributed by atoms with van der Waals surface area (Å²) in [7, 11) is 0. The molecular weight excluding hydrogens is 262 g/mol. The number of hydrogen-bond donors (Lipinski definition) is 2. The summed E-state index contributed by atoms with van der Waals surface area (Å²) in [4.78, 5) is 22.4. The number of aryl methyl sites for hydroxylation is 1. The molecule has 0 aliphatic heterocycles. The Hall–Kier alpha value is -1.75. The van der Waals surface area contributed by atoms with Gasteiger partial charge in [-0.05, 0) is 36.4 Å². The lowest BCUT2D eigenvalue weighted by atomic mass is 10.0. The molecule has 0 atom stereocenters. The Morgan fingerprint density at radius 3 is 2.79 bits per heavy atom. The number of carbonyl (C=O) groups excluding carboxylic acids is 1. The van der Waals surface area contributed by atoms with Crippen LogP contribution in [-0.2, 0) is 4.79 Å². The van der Waals surface area contributed by atoms with Crippen molar-refractivity contribution in [1.82, 2.24) is 5.32 Å². The van der Waals surface area contributed by atoms with Crippen LogP contribution in [0.3, 0.4) is 0 Å². The minimum atomic E-state index is -1.01. The van der Waals surface area contributed by atoms with E-state index in [1.807, 2.05) is 19.2 Å². The van der Waals surface area contributed by atoms with E-state index >= 15 is 0 Å². The molecule has 0 saturated heterocycles. The topological polar surface area (TPSA) is 66.4 Å². The highest BCUT2D eigenvalue weighted by atomic mass is 32.2. The van der Waals surface area contributed by atoms with Gasteiger partial charge in [0.15, 0.2) is 0 Å². The number of carboxylic acid groups (broad SMARTS) is 1. The molecule has 5 heteroatoms. The van der Waals surface area contributed by atoms with E-state index in [4.69, 9.17) is 5.11 Å². The first-order valence-electron chi connectivity index (χ1n) is 5.83. The second-order valence-electron chi connectivity index (χ2n) is 3.99. The third-order valence-electron chi connectivity index (χ3n) is 2.52. The van der Waals surface area contributed by atoms with Gasteiger partial charge < -0.3 is 10.4 Å². The van der Waals surface area contributed by atoms with Crippen LogP contribution in [0.1, 0.15) is 21.5 Å². The molecule has 1 aromatic rings. The molecule has 1 aromatic carbocycles. The van der Waals surface area contributed by atoms with E-state index in [1.165, 1.54) is 6.08 Å². The SMILES string of the molecule is CSCCNC(=O)c1cc(C=CC(=O)O)ccc1C. The predicted molar refractivity (Wildman–Crippen MR) is 78.6 cm³/mol. The van der Waals surface area contributed by atoms with Crippen LogP contribution < -0.4 is 5.32 Å². The van der Waals surface area contributed by atoms with Crippen LogP contribution in [0.2, 0.25) is 0 Å².